The third-order valence-electron chi connectivity index (χ3n) is 4.23. The van der Waals surface area contributed by atoms with E-state index in [2.05, 4.69) is 34.9 Å². The Balaban J connectivity index is 1.68. The topological polar surface area (TPSA) is 64.9 Å². The number of nitrogens with one attached hydrogen (secondary N) is 2. The predicted molar refractivity (Wildman–Crippen MR) is 105 cm³/mol. The van der Waals surface area contributed by atoms with E-state index in [1.165, 1.54) is 5.39 Å². The van der Waals surface area contributed by atoms with Crippen molar-refractivity contribution in [2.24, 2.45) is 0 Å². The molecule has 1 atom stereocenters. The summed E-state index contributed by atoms with van der Waals surface area (Å²) in [7, 11) is 0. The van der Waals surface area contributed by atoms with Crippen molar-refractivity contribution >= 4 is 34.0 Å². The van der Waals surface area contributed by atoms with Gasteiger partial charge in [0.15, 0.2) is 0 Å². The highest BCUT2D eigenvalue weighted by Gasteiger charge is 2.12. The van der Waals surface area contributed by atoms with E-state index in [1.807, 2.05) is 31.2 Å². The molecule has 0 bridgehead atoms. The van der Waals surface area contributed by atoms with Crippen molar-refractivity contribution in [2.45, 2.75) is 13.0 Å². The number of halogens is 1. The fourth-order valence-corrected chi connectivity index (χ4v) is 3.07. The van der Waals surface area contributed by atoms with Crippen LogP contribution in [0.5, 0.6) is 0 Å². The Labute approximate surface area is 157 Å². The predicted octanol–water partition coefficient (Wildman–Crippen LogP) is 4.65. The molecule has 1 amide bonds. The minimum Gasteiger partial charge on any atom is -0.324 e. The van der Waals surface area contributed by atoms with Crippen LogP contribution in [-0.2, 0) is 4.79 Å². The quantitative estimate of drug-likeness (QED) is 0.693. The molecule has 130 valence electrons. The highest BCUT2D eigenvalue weighted by molar-refractivity contribution is 6.31. The van der Waals surface area contributed by atoms with Crippen LogP contribution < -0.4 is 10.6 Å². The van der Waals surface area contributed by atoms with Crippen molar-refractivity contribution in [2.75, 3.05) is 11.9 Å². The smallest absolute Gasteiger partial charge is 0.238 e. The molecule has 0 spiro atoms. The standard InChI is InChI=1S/C21H18ClN3O/c1-14(18-8-4-6-15-5-2-3-7-19(15)18)24-13-21(26)25-20-11-17(22)10-9-16(20)12-23/h2-11,14,24H,13H2,1H3,(H,25,26)/t14-/m0/s1. The molecular formula is C21H18ClN3O. The van der Waals surface area contributed by atoms with Gasteiger partial charge in [0.1, 0.15) is 6.07 Å². The zero-order chi connectivity index (χ0) is 18.5. The van der Waals surface area contributed by atoms with Crippen LogP contribution >= 0.6 is 11.6 Å². The molecule has 2 N–H and O–H groups in total. The summed E-state index contributed by atoms with van der Waals surface area (Å²) >= 11 is 5.94. The van der Waals surface area contributed by atoms with E-state index in [1.54, 1.807) is 18.2 Å². The van der Waals surface area contributed by atoms with Crippen molar-refractivity contribution in [3.63, 3.8) is 0 Å². The number of benzene rings is 3. The van der Waals surface area contributed by atoms with Gasteiger partial charge in [0.05, 0.1) is 17.8 Å². The molecule has 3 rings (SSSR count). The molecule has 0 heterocycles. The summed E-state index contributed by atoms with van der Waals surface area (Å²) < 4.78 is 0. The van der Waals surface area contributed by atoms with Crippen molar-refractivity contribution in [3.8, 4) is 6.07 Å². The number of hydrogen-bond acceptors (Lipinski definition) is 3. The highest BCUT2D eigenvalue weighted by Crippen LogP contribution is 2.24. The third-order valence-corrected chi connectivity index (χ3v) is 4.47. The Bertz CT molecular complexity index is 989. The van der Waals surface area contributed by atoms with E-state index in [-0.39, 0.29) is 18.5 Å². The highest BCUT2D eigenvalue weighted by atomic mass is 35.5. The van der Waals surface area contributed by atoms with Gasteiger partial charge in [0, 0.05) is 11.1 Å². The Hall–Kier alpha value is -2.87. The number of nitrogens with zero attached hydrogens (tertiary/aromatic N) is 1. The second-order valence-electron chi connectivity index (χ2n) is 6.02. The first-order valence-electron chi connectivity index (χ1n) is 8.29. The summed E-state index contributed by atoms with van der Waals surface area (Å²) in [5, 5.41) is 17.9. The molecule has 0 aliphatic carbocycles. The molecule has 0 aromatic heterocycles. The van der Waals surface area contributed by atoms with Gasteiger partial charge in [0.2, 0.25) is 5.91 Å². The maximum absolute atomic E-state index is 12.3. The van der Waals surface area contributed by atoms with Crippen LogP contribution in [0.2, 0.25) is 5.02 Å². The van der Waals surface area contributed by atoms with E-state index < -0.39 is 0 Å². The first-order valence-corrected chi connectivity index (χ1v) is 8.67. The number of anilines is 1. The molecule has 4 nitrogen and oxygen atoms in total. The molecule has 26 heavy (non-hydrogen) atoms. The number of nitriles is 1. The summed E-state index contributed by atoms with van der Waals surface area (Å²) in [6, 6.07) is 21.1. The minimum atomic E-state index is -0.226. The van der Waals surface area contributed by atoms with E-state index in [0.717, 1.165) is 10.9 Å². The maximum atomic E-state index is 12.3. The second kappa shape index (κ2) is 8.01. The molecule has 0 fully saturated rings. The average molecular weight is 364 g/mol. The zero-order valence-electron chi connectivity index (χ0n) is 14.3. The monoisotopic (exact) mass is 363 g/mol. The number of amides is 1. The largest absolute Gasteiger partial charge is 0.324 e. The Morgan fingerprint density at radius 2 is 1.92 bits per heavy atom. The molecule has 3 aromatic rings. The van der Waals surface area contributed by atoms with Crippen LogP contribution in [0.4, 0.5) is 5.69 Å². The van der Waals surface area contributed by atoms with E-state index >= 15 is 0 Å². The molecule has 0 saturated heterocycles. The Morgan fingerprint density at radius 1 is 1.15 bits per heavy atom. The zero-order valence-corrected chi connectivity index (χ0v) is 15.0. The number of fused-ring (bicyclic) bond motifs is 1. The molecule has 0 unspecified atom stereocenters. The van der Waals surface area contributed by atoms with Crippen LogP contribution in [-0.4, -0.2) is 12.5 Å². The van der Waals surface area contributed by atoms with Gasteiger partial charge in [0.25, 0.3) is 0 Å². The minimum absolute atomic E-state index is 0.00153. The van der Waals surface area contributed by atoms with E-state index in [0.29, 0.717) is 16.3 Å². The normalized spacial score (nSPS) is 11.7. The lowest BCUT2D eigenvalue weighted by molar-refractivity contribution is -0.115. The first-order chi connectivity index (χ1) is 12.6. The lowest BCUT2D eigenvalue weighted by Crippen LogP contribution is -2.30. The summed E-state index contributed by atoms with van der Waals surface area (Å²) in [6.07, 6.45) is 0. The summed E-state index contributed by atoms with van der Waals surface area (Å²) in [5.74, 6) is -0.226. The van der Waals surface area contributed by atoms with Crippen LogP contribution in [0, 0.1) is 11.3 Å². The van der Waals surface area contributed by atoms with E-state index in [4.69, 9.17) is 16.9 Å². The molecule has 0 aliphatic heterocycles. The number of rotatable bonds is 5. The van der Waals surface area contributed by atoms with Crippen molar-refractivity contribution in [3.05, 3.63) is 76.8 Å². The van der Waals surface area contributed by atoms with Crippen LogP contribution in [0.1, 0.15) is 24.1 Å². The molecule has 0 aliphatic rings. The number of carbonyl (C=O) groups excluding carboxylic acids is 1. The Kier molecular flexibility index (Phi) is 5.52. The third kappa shape index (κ3) is 4.02. The van der Waals surface area contributed by atoms with E-state index in [9.17, 15) is 4.79 Å². The molecule has 5 heteroatoms. The summed E-state index contributed by atoms with van der Waals surface area (Å²) in [5.41, 5.74) is 1.94. The molecular weight excluding hydrogens is 346 g/mol. The number of carbonyl (C=O) groups is 1. The van der Waals surface area contributed by atoms with Crippen LogP contribution in [0.3, 0.4) is 0 Å². The number of hydrogen-bond donors (Lipinski definition) is 2. The average Bonchev–Trinajstić information content (AvgIpc) is 2.66. The molecule has 0 radical (unpaired) electrons. The fraction of sp³-hybridized carbons (Fsp3) is 0.143. The maximum Gasteiger partial charge on any atom is 0.238 e. The van der Waals surface area contributed by atoms with Gasteiger partial charge >= 0.3 is 0 Å². The van der Waals surface area contributed by atoms with Crippen molar-refractivity contribution in [1.29, 1.82) is 5.26 Å². The second-order valence-corrected chi connectivity index (χ2v) is 6.46. The lowest BCUT2D eigenvalue weighted by Gasteiger charge is -2.16. The van der Waals surface area contributed by atoms with Gasteiger partial charge in [-0.3, -0.25) is 4.79 Å². The summed E-state index contributed by atoms with van der Waals surface area (Å²) in [4.78, 5) is 12.3. The summed E-state index contributed by atoms with van der Waals surface area (Å²) in [6.45, 7) is 2.15. The Morgan fingerprint density at radius 3 is 2.73 bits per heavy atom. The van der Waals surface area contributed by atoms with Crippen molar-refractivity contribution < 1.29 is 4.79 Å². The van der Waals surface area contributed by atoms with Gasteiger partial charge < -0.3 is 10.6 Å². The van der Waals surface area contributed by atoms with Gasteiger partial charge in [-0.05, 0) is 41.5 Å². The first kappa shape index (κ1) is 17.9. The fourth-order valence-electron chi connectivity index (χ4n) is 2.90. The SMILES string of the molecule is C[C@H](NCC(=O)Nc1cc(Cl)ccc1C#N)c1cccc2ccccc12. The molecule has 0 saturated carbocycles. The van der Waals surface area contributed by atoms with Crippen LogP contribution in [0.25, 0.3) is 10.8 Å². The van der Waals surface area contributed by atoms with Crippen LogP contribution in [0.15, 0.2) is 60.7 Å². The van der Waals surface area contributed by atoms with Crippen molar-refractivity contribution in [1.82, 2.24) is 5.32 Å². The lowest BCUT2D eigenvalue weighted by atomic mass is 10.00. The van der Waals surface area contributed by atoms with Gasteiger partial charge in [-0.1, -0.05) is 54.1 Å². The van der Waals surface area contributed by atoms with Gasteiger partial charge in [-0.2, -0.15) is 5.26 Å². The van der Waals surface area contributed by atoms with Gasteiger partial charge in [-0.15, -0.1) is 0 Å². The molecule has 3 aromatic carbocycles. The van der Waals surface area contributed by atoms with Gasteiger partial charge in [-0.25, -0.2) is 0 Å².